The maximum absolute atomic E-state index is 12.1. The number of hydrogen-bond donors (Lipinski definition) is 0. The number of rotatable bonds is 4. The van der Waals surface area contributed by atoms with Crippen molar-refractivity contribution in [2.24, 2.45) is 0 Å². The van der Waals surface area contributed by atoms with Gasteiger partial charge in [0, 0.05) is 25.7 Å². The van der Waals surface area contributed by atoms with Crippen LogP contribution >= 0.6 is 0 Å². The first-order chi connectivity index (χ1) is 10.3. The number of aromatic nitrogens is 2. The van der Waals surface area contributed by atoms with Crippen molar-refractivity contribution in [1.82, 2.24) is 14.5 Å². The monoisotopic (exact) mass is 283 g/mol. The van der Waals surface area contributed by atoms with E-state index >= 15 is 0 Å². The van der Waals surface area contributed by atoms with Crippen molar-refractivity contribution in [2.75, 3.05) is 6.54 Å². The molecule has 21 heavy (non-hydrogen) atoms. The Morgan fingerprint density at radius 1 is 1.05 bits per heavy atom. The quantitative estimate of drug-likeness (QED) is 0.865. The summed E-state index contributed by atoms with van der Waals surface area (Å²) in [6.45, 7) is 2.35. The van der Waals surface area contributed by atoms with E-state index in [4.69, 9.17) is 0 Å². The van der Waals surface area contributed by atoms with Crippen molar-refractivity contribution in [3.05, 3.63) is 54.1 Å². The summed E-state index contributed by atoms with van der Waals surface area (Å²) >= 11 is 0. The molecule has 1 aliphatic heterocycles. The van der Waals surface area contributed by atoms with Crippen LogP contribution in [0.3, 0.4) is 0 Å². The van der Waals surface area contributed by atoms with Gasteiger partial charge in [0.25, 0.3) is 0 Å². The molecule has 0 saturated carbocycles. The first-order valence-electron chi connectivity index (χ1n) is 7.63. The van der Waals surface area contributed by atoms with E-state index in [9.17, 15) is 4.79 Å². The summed E-state index contributed by atoms with van der Waals surface area (Å²) in [7, 11) is 0. The van der Waals surface area contributed by atoms with Crippen molar-refractivity contribution in [3.63, 3.8) is 0 Å². The highest BCUT2D eigenvalue weighted by molar-refractivity contribution is 5.76. The van der Waals surface area contributed by atoms with Gasteiger partial charge in [-0.2, -0.15) is 0 Å². The molecule has 1 aromatic heterocycles. The van der Waals surface area contributed by atoms with Gasteiger partial charge in [-0.3, -0.25) is 4.79 Å². The molecule has 0 bridgehead atoms. The topological polar surface area (TPSA) is 38.1 Å². The van der Waals surface area contributed by atoms with Gasteiger partial charge in [0.05, 0.1) is 18.6 Å². The summed E-state index contributed by atoms with van der Waals surface area (Å²) in [5.41, 5.74) is 2.35. The van der Waals surface area contributed by atoms with Crippen LogP contribution in [0.1, 0.15) is 36.9 Å². The number of carbonyl (C=O) groups excluding carboxylic acids is 1. The van der Waals surface area contributed by atoms with Crippen LogP contribution in [0.25, 0.3) is 0 Å². The average Bonchev–Trinajstić information content (AvgIpc) is 2.83. The van der Waals surface area contributed by atoms with E-state index in [0.29, 0.717) is 13.0 Å². The predicted octanol–water partition coefficient (Wildman–Crippen LogP) is 2.83. The molecule has 0 atom stereocenters. The highest BCUT2D eigenvalue weighted by atomic mass is 16.2. The Hall–Kier alpha value is -2.10. The third-order valence-electron chi connectivity index (χ3n) is 4.02. The molecule has 3 rings (SSSR count). The summed E-state index contributed by atoms with van der Waals surface area (Å²) < 4.78 is 2.13. The maximum Gasteiger partial charge on any atom is 0.222 e. The number of likely N-dealkylation sites (tertiary alicyclic amines) is 1. The van der Waals surface area contributed by atoms with Crippen molar-refractivity contribution in [1.29, 1.82) is 0 Å². The van der Waals surface area contributed by atoms with Crippen LogP contribution in [0.15, 0.2) is 42.9 Å². The lowest BCUT2D eigenvalue weighted by atomic mass is 10.2. The number of imidazole rings is 1. The van der Waals surface area contributed by atoms with Crippen LogP contribution in [-0.2, 0) is 17.9 Å². The largest absolute Gasteiger partial charge is 0.337 e. The molecule has 0 unspecified atom stereocenters. The van der Waals surface area contributed by atoms with Crippen LogP contribution in [0.5, 0.6) is 0 Å². The molecule has 4 nitrogen and oxygen atoms in total. The van der Waals surface area contributed by atoms with Crippen molar-refractivity contribution < 1.29 is 4.79 Å². The second-order valence-electron chi connectivity index (χ2n) is 5.62. The van der Waals surface area contributed by atoms with E-state index in [1.807, 2.05) is 35.6 Å². The van der Waals surface area contributed by atoms with Crippen LogP contribution in [0.4, 0.5) is 0 Å². The van der Waals surface area contributed by atoms with Crippen molar-refractivity contribution in [3.8, 4) is 0 Å². The van der Waals surface area contributed by atoms with Crippen LogP contribution in [0, 0.1) is 0 Å². The van der Waals surface area contributed by atoms with Gasteiger partial charge in [-0.1, -0.05) is 36.8 Å². The fourth-order valence-electron chi connectivity index (χ4n) is 2.80. The average molecular weight is 283 g/mol. The Labute approximate surface area is 125 Å². The molecule has 1 saturated heterocycles. The number of benzene rings is 1. The second-order valence-corrected chi connectivity index (χ2v) is 5.62. The summed E-state index contributed by atoms with van der Waals surface area (Å²) in [5, 5.41) is 0. The highest BCUT2D eigenvalue weighted by Gasteiger charge is 2.18. The van der Waals surface area contributed by atoms with Gasteiger partial charge in [0.1, 0.15) is 0 Å². The van der Waals surface area contributed by atoms with E-state index in [-0.39, 0.29) is 5.91 Å². The number of amides is 1. The Kier molecular flexibility index (Phi) is 4.34. The molecule has 0 N–H and O–H groups in total. The van der Waals surface area contributed by atoms with Gasteiger partial charge in [0.2, 0.25) is 5.91 Å². The summed E-state index contributed by atoms with van der Waals surface area (Å²) in [6.07, 6.45) is 7.71. The zero-order valence-corrected chi connectivity index (χ0v) is 12.2. The molecule has 2 heterocycles. The van der Waals surface area contributed by atoms with E-state index in [2.05, 4.69) is 21.7 Å². The standard InChI is InChI=1S/C17H21N3O/c21-17-9-5-2-6-10-19(17)13-16-11-18-14-20(16)12-15-7-3-1-4-8-15/h1,3-4,7-8,11,14H,2,5-6,9-10,12-13H2. The maximum atomic E-state index is 12.1. The molecule has 110 valence electrons. The van der Waals surface area contributed by atoms with Gasteiger partial charge >= 0.3 is 0 Å². The zero-order valence-electron chi connectivity index (χ0n) is 12.2. The second kappa shape index (κ2) is 6.57. The lowest BCUT2D eigenvalue weighted by molar-refractivity contribution is -0.131. The smallest absolute Gasteiger partial charge is 0.222 e. The first-order valence-corrected chi connectivity index (χ1v) is 7.63. The molecule has 1 fully saturated rings. The van der Waals surface area contributed by atoms with E-state index < -0.39 is 0 Å². The number of hydrogen-bond acceptors (Lipinski definition) is 2. The lowest BCUT2D eigenvalue weighted by Gasteiger charge is -2.21. The van der Waals surface area contributed by atoms with Crippen molar-refractivity contribution >= 4 is 5.91 Å². The number of carbonyl (C=O) groups is 1. The Morgan fingerprint density at radius 2 is 1.90 bits per heavy atom. The lowest BCUT2D eigenvalue weighted by Crippen LogP contribution is -2.30. The Morgan fingerprint density at radius 3 is 2.76 bits per heavy atom. The predicted molar refractivity (Wildman–Crippen MR) is 81.7 cm³/mol. The fraction of sp³-hybridized carbons (Fsp3) is 0.412. The normalized spacial score (nSPS) is 16.0. The third-order valence-corrected chi connectivity index (χ3v) is 4.02. The summed E-state index contributed by atoms with van der Waals surface area (Å²) in [4.78, 5) is 18.3. The third kappa shape index (κ3) is 3.51. The van der Waals surface area contributed by atoms with E-state index in [1.54, 1.807) is 0 Å². The van der Waals surface area contributed by atoms with Gasteiger partial charge in [-0.25, -0.2) is 4.98 Å². The molecule has 2 aromatic rings. The summed E-state index contributed by atoms with van der Waals surface area (Å²) in [6, 6.07) is 10.3. The number of nitrogens with zero attached hydrogens (tertiary/aromatic N) is 3. The molecular weight excluding hydrogens is 262 g/mol. The highest BCUT2D eigenvalue weighted by Crippen LogP contribution is 2.15. The van der Waals surface area contributed by atoms with Gasteiger partial charge in [-0.15, -0.1) is 0 Å². The van der Waals surface area contributed by atoms with Gasteiger partial charge < -0.3 is 9.47 Å². The minimum absolute atomic E-state index is 0.278. The van der Waals surface area contributed by atoms with Gasteiger partial charge in [0.15, 0.2) is 0 Å². The van der Waals surface area contributed by atoms with Crippen molar-refractivity contribution in [2.45, 2.75) is 38.8 Å². The van der Waals surface area contributed by atoms with Crippen LogP contribution in [-0.4, -0.2) is 26.9 Å². The molecule has 0 aliphatic carbocycles. The first kappa shape index (κ1) is 13.9. The molecule has 1 amide bonds. The molecule has 0 radical (unpaired) electrons. The summed E-state index contributed by atoms with van der Waals surface area (Å²) in [5.74, 6) is 0.278. The molecule has 4 heteroatoms. The van der Waals surface area contributed by atoms with E-state index in [1.165, 1.54) is 5.56 Å². The Bertz CT molecular complexity index is 591. The van der Waals surface area contributed by atoms with E-state index in [0.717, 1.165) is 38.0 Å². The molecule has 1 aromatic carbocycles. The van der Waals surface area contributed by atoms with Crippen LogP contribution in [0.2, 0.25) is 0 Å². The minimum atomic E-state index is 0.278. The zero-order chi connectivity index (χ0) is 14.5. The van der Waals surface area contributed by atoms with Gasteiger partial charge in [-0.05, 0) is 18.4 Å². The SMILES string of the molecule is O=C1CCCCCN1Cc1cncn1Cc1ccccc1. The minimum Gasteiger partial charge on any atom is -0.337 e. The molecule has 1 aliphatic rings. The van der Waals surface area contributed by atoms with Crippen LogP contribution < -0.4 is 0 Å². The fourth-order valence-corrected chi connectivity index (χ4v) is 2.80. The Balaban J connectivity index is 1.71. The molecule has 0 spiro atoms. The molecular formula is C17H21N3O.